The number of aromatic nitrogens is 1. The number of carbonyl (C=O) groups excluding carboxylic acids is 1. The first-order valence-corrected chi connectivity index (χ1v) is 3.88. The highest BCUT2D eigenvalue weighted by Gasteiger charge is 1.98. The van der Waals surface area contributed by atoms with Crippen molar-refractivity contribution in [3.63, 3.8) is 0 Å². The summed E-state index contributed by atoms with van der Waals surface area (Å²) in [5, 5.41) is 7.99. The Bertz CT molecular complexity index is 392. The first kappa shape index (κ1) is 9.48. The van der Waals surface area contributed by atoms with Crippen LogP contribution in [0.5, 0.6) is 0 Å². The van der Waals surface area contributed by atoms with Gasteiger partial charge in [0.15, 0.2) is 6.29 Å². The lowest BCUT2D eigenvalue weighted by atomic mass is 10.2. The third-order valence-electron chi connectivity index (χ3n) is 1.75. The Morgan fingerprint density at radius 2 is 2.00 bits per heavy atom. The summed E-state index contributed by atoms with van der Waals surface area (Å²) in [5.41, 5.74) is 1.73. The number of para-hydroxylation sites is 1. The molecule has 68 valence electrons. The first-order valence-electron chi connectivity index (χ1n) is 3.88. The summed E-state index contributed by atoms with van der Waals surface area (Å²) in [4.78, 5) is 13.5. The number of benzene rings is 1. The molecule has 2 N–H and O–H groups in total. The second-order valence-electron chi connectivity index (χ2n) is 2.41. The van der Waals surface area contributed by atoms with Crippen molar-refractivity contribution in [3.8, 4) is 0 Å². The van der Waals surface area contributed by atoms with Crippen LogP contribution in [-0.4, -0.2) is 23.5 Å². The van der Waals surface area contributed by atoms with Gasteiger partial charge in [-0.05, 0) is 6.07 Å². The second-order valence-corrected chi connectivity index (χ2v) is 2.41. The maximum atomic E-state index is 10.5. The van der Waals surface area contributed by atoms with Crippen molar-refractivity contribution < 1.29 is 9.90 Å². The number of aliphatic hydroxyl groups is 1. The average molecular weight is 177 g/mol. The number of aldehydes is 1. The zero-order valence-corrected chi connectivity index (χ0v) is 7.32. The molecule has 1 heterocycles. The Kier molecular flexibility index (Phi) is 3.23. The molecule has 0 aliphatic rings. The van der Waals surface area contributed by atoms with E-state index in [9.17, 15) is 4.79 Å². The van der Waals surface area contributed by atoms with Gasteiger partial charge in [0.2, 0.25) is 0 Å². The van der Waals surface area contributed by atoms with Crippen LogP contribution in [0.25, 0.3) is 10.9 Å². The van der Waals surface area contributed by atoms with Crippen molar-refractivity contribution in [1.29, 1.82) is 0 Å². The quantitative estimate of drug-likeness (QED) is 0.650. The third kappa shape index (κ3) is 1.76. The number of nitrogens with one attached hydrogen (secondary N) is 1. The summed E-state index contributed by atoms with van der Waals surface area (Å²) in [6.45, 7) is 0. The van der Waals surface area contributed by atoms with E-state index in [2.05, 4.69) is 4.98 Å². The molecule has 0 amide bonds. The predicted octanol–water partition coefficient (Wildman–Crippen LogP) is 1.59. The number of hydrogen-bond donors (Lipinski definition) is 2. The van der Waals surface area contributed by atoms with Crippen LogP contribution in [0.1, 0.15) is 10.4 Å². The van der Waals surface area contributed by atoms with Gasteiger partial charge in [-0.15, -0.1) is 0 Å². The van der Waals surface area contributed by atoms with E-state index in [1.807, 2.05) is 24.3 Å². The number of fused-ring (bicyclic) bond motifs is 1. The molecule has 3 heteroatoms. The van der Waals surface area contributed by atoms with Crippen LogP contribution < -0.4 is 0 Å². The molecule has 0 bridgehead atoms. The van der Waals surface area contributed by atoms with Crippen LogP contribution >= 0.6 is 0 Å². The number of carbonyl (C=O) groups is 1. The van der Waals surface area contributed by atoms with Crippen molar-refractivity contribution in [2.24, 2.45) is 0 Å². The van der Waals surface area contributed by atoms with Gasteiger partial charge in [-0.2, -0.15) is 0 Å². The number of aliphatic hydroxyl groups excluding tert-OH is 1. The van der Waals surface area contributed by atoms with Crippen LogP contribution in [0, 0.1) is 0 Å². The lowest BCUT2D eigenvalue weighted by Crippen LogP contribution is -1.72. The van der Waals surface area contributed by atoms with E-state index in [0.29, 0.717) is 0 Å². The van der Waals surface area contributed by atoms with Gasteiger partial charge in [-0.1, -0.05) is 18.2 Å². The average Bonchev–Trinajstić information content (AvgIpc) is 2.64. The first-order chi connectivity index (χ1) is 6.42. The molecule has 0 saturated heterocycles. The molecule has 0 saturated carbocycles. The smallest absolute Gasteiger partial charge is 0.152 e. The Hall–Kier alpha value is -1.61. The lowest BCUT2D eigenvalue weighted by Gasteiger charge is -1.86. The molecule has 2 rings (SSSR count). The van der Waals surface area contributed by atoms with E-state index in [1.54, 1.807) is 6.20 Å². The molecule has 13 heavy (non-hydrogen) atoms. The Morgan fingerprint density at radius 3 is 2.69 bits per heavy atom. The highest BCUT2D eigenvalue weighted by molar-refractivity contribution is 5.96. The molecule has 0 aliphatic carbocycles. The molecule has 0 unspecified atom stereocenters. The van der Waals surface area contributed by atoms with E-state index in [-0.39, 0.29) is 0 Å². The van der Waals surface area contributed by atoms with Crippen molar-refractivity contribution in [3.05, 3.63) is 36.0 Å². The predicted molar refractivity (Wildman–Crippen MR) is 51.8 cm³/mol. The van der Waals surface area contributed by atoms with E-state index in [4.69, 9.17) is 5.11 Å². The van der Waals surface area contributed by atoms with Gasteiger partial charge in [0.1, 0.15) is 0 Å². The molecule has 0 aliphatic heterocycles. The molecule has 2 aromatic rings. The number of hydrogen-bond acceptors (Lipinski definition) is 2. The summed E-state index contributed by atoms with van der Waals surface area (Å²) in [7, 11) is 1.00. The highest BCUT2D eigenvalue weighted by Crippen LogP contribution is 2.14. The largest absolute Gasteiger partial charge is 0.400 e. The van der Waals surface area contributed by atoms with Gasteiger partial charge in [-0.3, -0.25) is 4.79 Å². The fourth-order valence-corrected chi connectivity index (χ4v) is 1.19. The molecule has 3 nitrogen and oxygen atoms in total. The van der Waals surface area contributed by atoms with Gasteiger partial charge >= 0.3 is 0 Å². The normalized spacial score (nSPS) is 9.08. The Morgan fingerprint density at radius 1 is 1.31 bits per heavy atom. The molecule has 0 fully saturated rings. The maximum Gasteiger partial charge on any atom is 0.152 e. The van der Waals surface area contributed by atoms with Gasteiger partial charge in [-0.25, -0.2) is 0 Å². The van der Waals surface area contributed by atoms with Gasteiger partial charge in [0.25, 0.3) is 0 Å². The minimum atomic E-state index is 0.723. The minimum Gasteiger partial charge on any atom is -0.400 e. The van der Waals surface area contributed by atoms with Crippen molar-refractivity contribution >= 4 is 17.2 Å². The van der Waals surface area contributed by atoms with E-state index in [0.717, 1.165) is 29.9 Å². The Labute approximate surface area is 76.0 Å². The summed E-state index contributed by atoms with van der Waals surface area (Å²) < 4.78 is 0. The second kappa shape index (κ2) is 4.42. The summed E-state index contributed by atoms with van der Waals surface area (Å²) in [6.07, 6.45) is 2.58. The monoisotopic (exact) mass is 177 g/mol. The topological polar surface area (TPSA) is 53.1 Å². The highest BCUT2D eigenvalue weighted by atomic mass is 16.2. The fourth-order valence-electron chi connectivity index (χ4n) is 1.19. The molecule has 1 aromatic heterocycles. The van der Waals surface area contributed by atoms with Crippen LogP contribution in [0.3, 0.4) is 0 Å². The molecule has 0 radical (unpaired) electrons. The minimum absolute atomic E-state index is 0.723. The standard InChI is InChI=1S/C9H7NO.CH4O/c11-6-7-5-10-9-4-2-1-3-8(7)9;1-2/h1-6,10H;2H,1H3. The molecular weight excluding hydrogens is 166 g/mol. The molecular formula is C10H11NO2. The number of H-pyrrole nitrogens is 1. The van der Waals surface area contributed by atoms with E-state index in [1.165, 1.54) is 0 Å². The van der Waals surface area contributed by atoms with Gasteiger partial charge in [0, 0.05) is 29.8 Å². The zero-order chi connectivity index (χ0) is 9.68. The zero-order valence-electron chi connectivity index (χ0n) is 7.32. The SMILES string of the molecule is CO.O=Cc1c[nH]c2ccccc12. The molecule has 0 spiro atoms. The molecule has 1 aromatic carbocycles. The lowest BCUT2D eigenvalue weighted by molar-refractivity contribution is 0.112. The Balaban J connectivity index is 0.000000396. The van der Waals surface area contributed by atoms with Crippen molar-refractivity contribution in [1.82, 2.24) is 4.98 Å². The third-order valence-corrected chi connectivity index (χ3v) is 1.75. The summed E-state index contributed by atoms with van der Waals surface area (Å²) >= 11 is 0. The summed E-state index contributed by atoms with van der Waals surface area (Å²) in [6, 6.07) is 7.73. The van der Waals surface area contributed by atoms with Crippen molar-refractivity contribution in [2.75, 3.05) is 7.11 Å². The van der Waals surface area contributed by atoms with E-state index >= 15 is 0 Å². The van der Waals surface area contributed by atoms with Crippen molar-refractivity contribution in [2.45, 2.75) is 0 Å². The van der Waals surface area contributed by atoms with Crippen LogP contribution in [0.15, 0.2) is 30.5 Å². The number of aromatic amines is 1. The van der Waals surface area contributed by atoms with Crippen LogP contribution in [0.4, 0.5) is 0 Å². The number of rotatable bonds is 1. The molecule has 0 atom stereocenters. The van der Waals surface area contributed by atoms with Gasteiger partial charge < -0.3 is 10.1 Å². The van der Waals surface area contributed by atoms with E-state index < -0.39 is 0 Å². The van der Waals surface area contributed by atoms with Gasteiger partial charge in [0.05, 0.1) is 0 Å². The van der Waals surface area contributed by atoms with Crippen LogP contribution in [0.2, 0.25) is 0 Å². The van der Waals surface area contributed by atoms with Crippen LogP contribution in [-0.2, 0) is 0 Å². The summed E-state index contributed by atoms with van der Waals surface area (Å²) in [5.74, 6) is 0. The fraction of sp³-hybridized carbons (Fsp3) is 0.100. The maximum absolute atomic E-state index is 10.5.